The second-order valence-corrected chi connectivity index (χ2v) is 12.4. The Balaban J connectivity index is 3.16. The minimum atomic E-state index is -0.0603. The molecule has 0 rings (SSSR count). The van der Waals surface area contributed by atoms with Crippen LogP contribution in [0.2, 0.25) is 0 Å². The Morgan fingerprint density at radius 2 is 0.615 bits per heavy atom. The highest BCUT2D eigenvalue weighted by Gasteiger charge is 1.99. The van der Waals surface area contributed by atoms with Crippen LogP contribution in [-0.2, 0) is 0 Å². The number of rotatable bonds is 33. The van der Waals surface area contributed by atoms with E-state index in [0.717, 1.165) is 12.8 Å². The van der Waals surface area contributed by atoms with E-state index in [9.17, 15) is 5.11 Å². The molecule has 0 aromatic heterocycles. The van der Waals surface area contributed by atoms with Gasteiger partial charge in [0.1, 0.15) is 0 Å². The molecule has 0 heterocycles. The van der Waals surface area contributed by atoms with Crippen molar-refractivity contribution in [3.63, 3.8) is 0 Å². The Hall–Kier alpha value is -0.560. The summed E-state index contributed by atoms with van der Waals surface area (Å²) >= 11 is 0. The summed E-state index contributed by atoms with van der Waals surface area (Å²) in [5, 5.41) is 9.57. The lowest BCUT2D eigenvalue weighted by Crippen LogP contribution is -2.03. The molecular weight excluding hydrogens is 472 g/mol. The first kappa shape index (κ1) is 38.4. The molecule has 0 radical (unpaired) electrons. The monoisotopic (exact) mass is 547 g/mol. The second-order valence-electron chi connectivity index (χ2n) is 12.4. The predicted octanol–water partition coefficient (Wildman–Crippen LogP) is 13.6. The molecule has 0 aliphatic rings. The molecule has 39 heavy (non-hydrogen) atoms. The van der Waals surface area contributed by atoms with Gasteiger partial charge in [-0.25, -0.2) is 0 Å². The van der Waals surface area contributed by atoms with Gasteiger partial charge in [0, 0.05) is 0 Å². The third-order valence-corrected chi connectivity index (χ3v) is 8.43. The molecule has 0 amide bonds. The lowest BCUT2D eigenvalue weighted by Gasteiger charge is -2.06. The zero-order chi connectivity index (χ0) is 28.3. The number of unbranched alkanes of at least 4 members (excludes halogenated alkanes) is 26. The van der Waals surface area contributed by atoms with E-state index in [4.69, 9.17) is 0 Å². The van der Waals surface area contributed by atoms with E-state index in [1.807, 2.05) is 0 Å². The number of hydrogen-bond donors (Lipinski definition) is 1. The molecule has 0 spiro atoms. The van der Waals surface area contributed by atoms with Gasteiger partial charge in [-0.15, -0.1) is 0 Å². The molecule has 0 saturated heterocycles. The largest absolute Gasteiger partial charge is 0.393 e. The quantitative estimate of drug-likeness (QED) is 0.0641. The van der Waals surface area contributed by atoms with E-state index in [2.05, 4.69) is 38.2 Å². The summed E-state index contributed by atoms with van der Waals surface area (Å²) in [7, 11) is 0. The fraction of sp³-hybridized carbons (Fsp3) is 0.895. The van der Waals surface area contributed by atoms with Crippen LogP contribution in [0.1, 0.15) is 213 Å². The Morgan fingerprint density at radius 1 is 0.359 bits per heavy atom. The summed E-state index contributed by atoms with van der Waals surface area (Å²) < 4.78 is 0. The lowest BCUT2D eigenvalue weighted by atomic mass is 10.0. The zero-order valence-electron chi connectivity index (χ0n) is 27.3. The zero-order valence-corrected chi connectivity index (χ0v) is 27.3. The van der Waals surface area contributed by atoms with Crippen LogP contribution in [-0.4, -0.2) is 11.2 Å². The lowest BCUT2D eigenvalue weighted by molar-refractivity contribution is 0.156. The van der Waals surface area contributed by atoms with Crippen LogP contribution in [0, 0.1) is 0 Å². The second kappa shape index (κ2) is 35.5. The topological polar surface area (TPSA) is 20.2 Å². The summed E-state index contributed by atoms with van der Waals surface area (Å²) in [6.45, 7) is 4.37. The van der Waals surface area contributed by atoms with Crippen LogP contribution in [0.4, 0.5) is 0 Å². The number of hydrogen-bond acceptors (Lipinski definition) is 1. The highest BCUT2D eigenvalue weighted by atomic mass is 16.3. The molecule has 0 aliphatic carbocycles. The van der Waals surface area contributed by atoms with Crippen molar-refractivity contribution in [2.45, 2.75) is 219 Å². The van der Waals surface area contributed by atoms with E-state index in [1.54, 1.807) is 0 Å². The van der Waals surface area contributed by atoms with Gasteiger partial charge in [0.25, 0.3) is 0 Å². The minimum absolute atomic E-state index is 0.0603. The van der Waals surface area contributed by atoms with Crippen molar-refractivity contribution in [3.05, 3.63) is 24.3 Å². The molecular formula is C38H74O. The fourth-order valence-corrected chi connectivity index (χ4v) is 5.54. The van der Waals surface area contributed by atoms with Gasteiger partial charge in [-0.2, -0.15) is 0 Å². The molecule has 1 heteroatoms. The van der Waals surface area contributed by atoms with Gasteiger partial charge in [-0.05, 0) is 64.2 Å². The van der Waals surface area contributed by atoms with E-state index in [-0.39, 0.29) is 6.10 Å². The first-order valence-electron chi connectivity index (χ1n) is 18.3. The standard InChI is InChI=1S/C38H74O/c1-3-5-6-7-8-9-10-11-12-13-14-15-16-17-18-19-20-21-22-23-24-25-26-27-28-29-30-31-32-33-34-35-36-37-38(39)4-2/h18-19,25-26,38-39H,3-17,20-24,27-37H2,1-2H3/b19-18+,26-25+. The van der Waals surface area contributed by atoms with Crippen LogP contribution in [0.3, 0.4) is 0 Å². The van der Waals surface area contributed by atoms with Crippen LogP contribution >= 0.6 is 0 Å². The summed E-state index contributed by atoms with van der Waals surface area (Å²) in [5.41, 5.74) is 0. The van der Waals surface area contributed by atoms with E-state index < -0.39 is 0 Å². The van der Waals surface area contributed by atoms with Crippen molar-refractivity contribution in [2.75, 3.05) is 0 Å². The summed E-state index contributed by atoms with van der Waals surface area (Å²) in [6, 6.07) is 0. The molecule has 0 fully saturated rings. The van der Waals surface area contributed by atoms with Crippen molar-refractivity contribution in [1.29, 1.82) is 0 Å². The molecule has 0 aromatic carbocycles. The van der Waals surface area contributed by atoms with Crippen molar-refractivity contribution in [3.8, 4) is 0 Å². The Kier molecular flexibility index (Phi) is 35.0. The van der Waals surface area contributed by atoms with Crippen molar-refractivity contribution in [1.82, 2.24) is 0 Å². The fourth-order valence-electron chi connectivity index (χ4n) is 5.54. The molecule has 0 aromatic rings. The van der Waals surface area contributed by atoms with E-state index in [1.165, 1.54) is 186 Å². The normalized spacial score (nSPS) is 12.8. The third-order valence-electron chi connectivity index (χ3n) is 8.43. The molecule has 1 nitrogen and oxygen atoms in total. The predicted molar refractivity (Wildman–Crippen MR) is 179 cm³/mol. The van der Waals surface area contributed by atoms with Crippen molar-refractivity contribution in [2.24, 2.45) is 0 Å². The van der Waals surface area contributed by atoms with E-state index in [0.29, 0.717) is 0 Å². The van der Waals surface area contributed by atoms with Crippen LogP contribution in [0.15, 0.2) is 24.3 Å². The first-order chi connectivity index (χ1) is 19.3. The van der Waals surface area contributed by atoms with Gasteiger partial charge in [0.15, 0.2) is 0 Å². The molecule has 1 N–H and O–H groups in total. The highest BCUT2D eigenvalue weighted by molar-refractivity contribution is 4.83. The Morgan fingerprint density at radius 3 is 0.923 bits per heavy atom. The number of aliphatic hydroxyl groups is 1. The Bertz CT molecular complexity index is 479. The van der Waals surface area contributed by atoms with Crippen molar-refractivity contribution < 1.29 is 5.11 Å². The average molecular weight is 547 g/mol. The SMILES string of the molecule is CCCCCCCCCCCCCCC/C=C/CCCCC/C=C/CCCCCCCCCCCC(O)CC. The maximum absolute atomic E-state index is 9.57. The molecule has 0 bridgehead atoms. The summed E-state index contributed by atoms with van der Waals surface area (Å²) in [4.78, 5) is 0. The van der Waals surface area contributed by atoms with Crippen LogP contribution < -0.4 is 0 Å². The maximum Gasteiger partial charge on any atom is 0.0537 e. The smallest absolute Gasteiger partial charge is 0.0537 e. The van der Waals surface area contributed by atoms with Gasteiger partial charge in [0.05, 0.1) is 6.10 Å². The number of allylic oxidation sites excluding steroid dienone is 4. The first-order valence-corrected chi connectivity index (χ1v) is 18.3. The van der Waals surface area contributed by atoms with E-state index >= 15 is 0 Å². The summed E-state index contributed by atoms with van der Waals surface area (Å²) in [6.07, 6.45) is 51.9. The summed E-state index contributed by atoms with van der Waals surface area (Å²) in [5.74, 6) is 0. The average Bonchev–Trinajstić information content (AvgIpc) is 2.95. The minimum Gasteiger partial charge on any atom is -0.393 e. The highest BCUT2D eigenvalue weighted by Crippen LogP contribution is 2.15. The molecule has 1 atom stereocenters. The molecule has 0 aliphatic heterocycles. The molecule has 232 valence electrons. The van der Waals surface area contributed by atoms with Gasteiger partial charge in [0.2, 0.25) is 0 Å². The van der Waals surface area contributed by atoms with Gasteiger partial charge in [-0.3, -0.25) is 0 Å². The van der Waals surface area contributed by atoms with Crippen LogP contribution in [0.5, 0.6) is 0 Å². The molecule has 0 saturated carbocycles. The Labute approximate surface area is 248 Å². The third kappa shape index (κ3) is 35.4. The molecule has 1 unspecified atom stereocenters. The van der Waals surface area contributed by atoms with Gasteiger partial charge in [-0.1, -0.05) is 173 Å². The van der Waals surface area contributed by atoms with Gasteiger partial charge < -0.3 is 5.11 Å². The number of aliphatic hydroxyl groups excluding tert-OH is 1. The van der Waals surface area contributed by atoms with Gasteiger partial charge >= 0.3 is 0 Å². The maximum atomic E-state index is 9.57. The van der Waals surface area contributed by atoms with Crippen LogP contribution in [0.25, 0.3) is 0 Å². The van der Waals surface area contributed by atoms with Crippen molar-refractivity contribution >= 4 is 0 Å².